The van der Waals surface area contributed by atoms with Gasteiger partial charge in [0.2, 0.25) is 5.91 Å². The summed E-state index contributed by atoms with van der Waals surface area (Å²) in [5.41, 5.74) is 0.950. The summed E-state index contributed by atoms with van der Waals surface area (Å²) in [5.74, 6) is -0.386. The molecule has 0 aliphatic carbocycles. The van der Waals surface area contributed by atoms with Crippen molar-refractivity contribution in [2.24, 2.45) is 0 Å². The molecule has 1 rings (SSSR count). The van der Waals surface area contributed by atoms with Gasteiger partial charge < -0.3 is 10.4 Å². The number of carbonyl (C=O) groups excluding carboxylic acids is 1. The average Bonchev–Trinajstić information content (AvgIpc) is 2.16. The normalized spacial score (nSPS) is 10.1. The summed E-state index contributed by atoms with van der Waals surface area (Å²) >= 11 is 11.6. The van der Waals surface area contributed by atoms with Crippen LogP contribution in [0.1, 0.15) is 5.56 Å². The van der Waals surface area contributed by atoms with E-state index in [0.29, 0.717) is 23.0 Å². The number of aliphatic hydroxyl groups excluding tert-OH is 1. The summed E-state index contributed by atoms with van der Waals surface area (Å²) in [6.45, 7) is -0.0354. The van der Waals surface area contributed by atoms with Crippen molar-refractivity contribution in [3.05, 3.63) is 33.8 Å². The highest BCUT2D eigenvalue weighted by Gasteiger charge is 2.00. The quantitative estimate of drug-likeness (QED) is 0.851. The highest BCUT2D eigenvalue weighted by atomic mass is 35.5. The summed E-state index contributed by atoms with van der Waals surface area (Å²) in [6, 6.07) is 5.23. The molecule has 1 aromatic rings. The molecule has 0 aliphatic heterocycles. The van der Waals surface area contributed by atoms with E-state index in [9.17, 15) is 4.79 Å². The minimum absolute atomic E-state index is 0.386. The van der Waals surface area contributed by atoms with Gasteiger partial charge in [-0.2, -0.15) is 0 Å². The fraction of sp³-hybridized carbons (Fsp3) is 0.300. The highest BCUT2D eigenvalue weighted by molar-refractivity contribution is 6.34. The van der Waals surface area contributed by atoms with Crippen LogP contribution in [0.5, 0.6) is 0 Å². The Balaban J connectivity index is 2.47. The molecule has 3 nitrogen and oxygen atoms in total. The van der Waals surface area contributed by atoms with E-state index in [0.717, 1.165) is 5.56 Å². The molecule has 0 bridgehead atoms. The molecule has 0 aromatic heterocycles. The van der Waals surface area contributed by atoms with Gasteiger partial charge in [0.1, 0.15) is 6.61 Å². The first kappa shape index (κ1) is 12.3. The van der Waals surface area contributed by atoms with Crippen molar-refractivity contribution >= 4 is 29.1 Å². The van der Waals surface area contributed by atoms with Crippen LogP contribution in [-0.4, -0.2) is 24.2 Å². The number of aliphatic hydroxyl groups is 1. The largest absolute Gasteiger partial charge is 0.387 e. The molecule has 82 valence electrons. The number of hydrogen-bond donors (Lipinski definition) is 2. The number of amides is 1. The molecule has 15 heavy (non-hydrogen) atoms. The zero-order valence-corrected chi connectivity index (χ0v) is 9.48. The van der Waals surface area contributed by atoms with Crippen molar-refractivity contribution in [2.75, 3.05) is 13.2 Å². The number of benzene rings is 1. The Hall–Kier alpha value is -0.770. The van der Waals surface area contributed by atoms with E-state index in [1.807, 2.05) is 0 Å². The predicted octanol–water partition coefficient (Wildman–Crippen LogP) is 1.64. The third-order valence-electron chi connectivity index (χ3n) is 1.80. The zero-order valence-electron chi connectivity index (χ0n) is 7.96. The number of nitrogens with one attached hydrogen (secondary N) is 1. The van der Waals surface area contributed by atoms with Crippen LogP contribution in [-0.2, 0) is 11.2 Å². The monoisotopic (exact) mass is 247 g/mol. The maximum Gasteiger partial charge on any atom is 0.245 e. The third-order valence-corrected chi connectivity index (χ3v) is 2.24. The lowest BCUT2D eigenvalue weighted by molar-refractivity contribution is -0.123. The minimum Gasteiger partial charge on any atom is -0.387 e. The molecule has 0 heterocycles. The van der Waals surface area contributed by atoms with Crippen LogP contribution >= 0.6 is 23.2 Å². The van der Waals surface area contributed by atoms with E-state index in [-0.39, 0.29) is 5.91 Å². The summed E-state index contributed by atoms with van der Waals surface area (Å²) < 4.78 is 0. The third kappa shape index (κ3) is 4.51. The zero-order chi connectivity index (χ0) is 11.3. The van der Waals surface area contributed by atoms with Crippen molar-refractivity contribution < 1.29 is 9.90 Å². The summed E-state index contributed by atoms with van der Waals surface area (Å²) in [4.78, 5) is 10.7. The molecule has 5 heteroatoms. The molecule has 2 N–H and O–H groups in total. The van der Waals surface area contributed by atoms with Gasteiger partial charge in [0.05, 0.1) is 0 Å². The first-order valence-electron chi connectivity index (χ1n) is 4.44. The second-order valence-corrected chi connectivity index (χ2v) is 3.91. The van der Waals surface area contributed by atoms with Gasteiger partial charge in [-0.15, -0.1) is 0 Å². The molecule has 0 saturated carbocycles. The molecular formula is C10H11Cl2NO2. The van der Waals surface area contributed by atoms with E-state index in [1.54, 1.807) is 18.2 Å². The summed E-state index contributed by atoms with van der Waals surface area (Å²) in [5, 5.41) is 12.2. The highest BCUT2D eigenvalue weighted by Crippen LogP contribution is 2.19. The first-order valence-corrected chi connectivity index (χ1v) is 5.20. The second-order valence-electron chi connectivity index (χ2n) is 3.04. The van der Waals surface area contributed by atoms with Crippen molar-refractivity contribution in [2.45, 2.75) is 6.42 Å². The minimum atomic E-state index is -0.490. The number of hydrogen-bond acceptors (Lipinski definition) is 2. The van der Waals surface area contributed by atoms with Crippen LogP contribution in [0.3, 0.4) is 0 Å². The molecule has 0 fully saturated rings. The van der Waals surface area contributed by atoms with Crippen LogP contribution in [0.4, 0.5) is 0 Å². The van der Waals surface area contributed by atoms with Crippen molar-refractivity contribution in [1.29, 1.82) is 0 Å². The van der Waals surface area contributed by atoms with Crippen molar-refractivity contribution in [1.82, 2.24) is 5.32 Å². The Morgan fingerprint density at radius 2 is 1.87 bits per heavy atom. The molecule has 0 saturated heterocycles. The van der Waals surface area contributed by atoms with Gasteiger partial charge in [-0.25, -0.2) is 0 Å². The average molecular weight is 248 g/mol. The summed E-state index contributed by atoms with van der Waals surface area (Å²) in [7, 11) is 0. The SMILES string of the molecule is O=C(CO)NCCc1cc(Cl)cc(Cl)c1. The Kier molecular flexibility index (Phi) is 4.88. The molecular weight excluding hydrogens is 237 g/mol. The lowest BCUT2D eigenvalue weighted by atomic mass is 10.1. The molecule has 1 amide bonds. The van der Waals surface area contributed by atoms with E-state index in [1.165, 1.54) is 0 Å². The molecule has 0 aliphatic rings. The van der Waals surface area contributed by atoms with Gasteiger partial charge in [0, 0.05) is 16.6 Å². The van der Waals surface area contributed by atoms with E-state index < -0.39 is 6.61 Å². The fourth-order valence-corrected chi connectivity index (χ4v) is 1.73. The predicted molar refractivity (Wildman–Crippen MR) is 60.3 cm³/mol. The van der Waals surface area contributed by atoms with Crippen molar-refractivity contribution in [3.8, 4) is 0 Å². The van der Waals surface area contributed by atoms with E-state index in [4.69, 9.17) is 28.3 Å². The smallest absolute Gasteiger partial charge is 0.245 e. The number of halogens is 2. The number of rotatable bonds is 4. The standard InChI is InChI=1S/C10H11Cl2NO2/c11-8-3-7(4-9(12)5-8)1-2-13-10(15)6-14/h3-5,14H,1-2,6H2,(H,13,15). The first-order chi connectivity index (χ1) is 7.11. The van der Waals surface area contributed by atoms with Crippen LogP contribution in [0, 0.1) is 0 Å². The van der Waals surface area contributed by atoms with Gasteiger partial charge in [-0.3, -0.25) is 4.79 Å². The maximum atomic E-state index is 10.7. The fourth-order valence-electron chi connectivity index (χ4n) is 1.16. The van der Waals surface area contributed by atoms with Gasteiger partial charge >= 0.3 is 0 Å². The summed E-state index contributed by atoms with van der Waals surface area (Å²) in [6.07, 6.45) is 0.631. The molecule has 1 aromatic carbocycles. The Bertz CT molecular complexity index is 335. The van der Waals surface area contributed by atoms with Gasteiger partial charge in [-0.05, 0) is 30.2 Å². The molecule has 0 radical (unpaired) electrons. The molecule has 0 spiro atoms. The van der Waals surface area contributed by atoms with Crippen LogP contribution in [0.25, 0.3) is 0 Å². The second kappa shape index (κ2) is 5.95. The Morgan fingerprint density at radius 3 is 2.40 bits per heavy atom. The van der Waals surface area contributed by atoms with Gasteiger partial charge in [0.15, 0.2) is 0 Å². The van der Waals surface area contributed by atoms with E-state index in [2.05, 4.69) is 5.32 Å². The lowest BCUT2D eigenvalue weighted by Gasteiger charge is -2.04. The Morgan fingerprint density at radius 1 is 1.27 bits per heavy atom. The van der Waals surface area contributed by atoms with Crippen LogP contribution < -0.4 is 5.32 Å². The van der Waals surface area contributed by atoms with Gasteiger partial charge in [-0.1, -0.05) is 23.2 Å². The Labute approximate surface area is 98.0 Å². The van der Waals surface area contributed by atoms with Gasteiger partial charge in [0.25, 0.3) is 0 Å². The van der Waals surface area contributed by atoms with Crippen LogP contribution in [0.15, 0.2) is 18.2 Å². The number of carbonyl (C=O) groups is 1. The van der Waals surface area contributed by atoms with Crippen LogP contribution in [0.2, 0.25) is 10.0 Å². The van der Waals surface area contributed by atoms with Crippen molar-refractivity contribution in [3.63, 3.8) is 0 Å². The maximum absolute atomic E-state index is 10.7. The molecule has 0 atom stereocenters. The molecule has 0 unspecified atom stereocenters. The lowest BCUT2D eigenvalue weighted by Crippen LogP contribution is -2.28. The van der Waals surface area contributed by atoms with E-state index >= 15 is 0 Å². The topological polar surface area (TPSA) is 49.3 Å².